The normalized spacial score (nSPS) is 22.7. The van der Waals surface area contributed by atoms with Crippen LogP contribution in [0, 0.1) is 5.92 Å². The molecule has 3 heterocycles. The summed E-state index contributed by atoms with van der Waals surface area (Å²) in [7, 11) is 0. The van der Waals surface area contributed by atoms with Gasteiger partial charge in [-0.05, 0) is 73.7 Å². The van der Waals surface area contributed by atoms with Gasteiger partial charge in [0.2, 0.25) is 5.04 Å². The molecule has 2 aromatic carbocycles. The van der Waals surface area contributed by atoms with Crippen LogP contribution in [0.15, 0.2) is 65.8 Å². The highest BCUT2D eigenvalue weighted by Gasteiger charge is 2.58. The smallest absolute Gasteiger partial charge is 0.365 e. The Labute approximate surface area is 218 Å². The summed E-state index contributed by atoms with van der Waals surface area (Å²) in [6, 6.07) is 19.2. The number of rotatable bonds is 4. The molecule has 184 valence electrons. The second-order valence-corrected chi connectivity index (χ2v) is 11.4. The molecule has 36 heavy (non-hydrogen) atoms. The summed E-state index contributed by atoms with van der Waals surface area (Å²) in [6.07, 6.45) is 2.94. The molecular weight excluding hydrogens is 492 g/mol. The number of carbonyl (C=O) groups excluding carboxylic acids is 2. The Kier molecular flexibility index (Phi) is 5.76. The minimum atomic E-state index is -1.21. The van der Waals surface area contributed by atoms with E-state index in [1.807, 2.05) is 60.7 Å². The minimum Gasteiger partial charge on any atom is -0.461 e. The topological polar surface area (TPSA) is 74.2 Å². The largest absolute Gasteiger partial charge is 0.461 e. The highest BCUT2D eigenvalue weighted by molar-refractivity contribution is 8.17. The van der Waals surface area contributed by atoms with Crippen LogP contribution in [0.3, 0.4) is 0 Å². The second kappa shape index (κ2) is 8.97. The van der Waals surface area contributed by atoms with Crippen molar-refractivity contribution in [2.75, 3.05) is 21.8 Å². The van der Waals surface area contributed by atoms with Crippen molar-refractivity contribution in [2.24, 2.45) is 11.0 Å². The summed E-state index contributed by atoms with van der Waals surface area (Å²) in [5, 5.41) is 9.96. The van der Waals surface area contributed by atoms with Crippen molar-refractivity contribution in [3.63, 3.8) is 0 Å². The van der Waals surface area contributed by atoms with Crippen molar-refractivity contribution >= 4 is 56.4 Å². The van der Waals surface area contributed by atoms with E-state index >= 15 is 0 Å². The third kappa shape index (κ3) is 3.60. The number of benzene rings is 2. The van der Waals surface area contributed by atoms with E-state index < -0.39 is 11.1 Å². The van der Waals surface area contributed by atoms with Gasteiger partial charge in [0.1, 0.15) is 5.00 Å². The number of nitrogens with one attached hydrogen (secondary N) is 1. The number of para-hydroxylation sites is 2. The van der Waals surface area contributed by atoms with Gasteiger partial charge in [-0.25, -0.2) is 9.80 Å². The maximum atomic E-state index is 14.5. The predicted molar refractivity (Wildman–Crippen MR) is 146 cm³/mol. The molecule has 2 aliphatic heterocycles. The number of fused-ring (bicyclic) bond motifs is 3. The van der Waals surface area contributed by atoms with Gasteiger partial charge in [0.25, 0.3) is 11.0 Å². The van der Waals surface area contributed by atoms with Crippen LogP contribution in [0.4, 0.5) is 16.4 Å². The molecule has 0 saturated heterocycles. The standard InChI is InChI=1S/C27H26N4O3S2/c1-3-34-26(33)24-29-31(19-12-8-5-9-13-19)27(36-24)28-23-22(20-15-14-17(2)16-21(20)35-23)25(32)30(27)18-10-6-4-7-11-18/h4-13,17,28H,3,14-16H2,1-2H3/t17-,27+/m0/s1. The lowest BCUT2D eigenvalue weighted by atomic mass is 9.88. The Morgan fingerprint density at radius 1 is 1.14 bits per heavy atom. The summed E-state index contributed by atoms with van der Waals surface area (Å²) in [6.45, 7) is 4.27. The number of carbonyl (C=O) groups is 2. The lowest BCUT2D eigenvalue weighted by molar-refractivity contribution is -0.134. The maximum absolute atomic E-state index is 14.5. The van der Waals surface area contributed by atoms with Crippen LogP contribution >= 0.6 is 23.1 Å². The average molecular weight is 519 g/mol. The summed E-state index contributed by atoms with van der Waals surface area (Å²) in [5.74, 6) is -0.00396. The number of ether oxygens (including phenoxy) is 1. The molecule has 9 heteroatoms. The van der Waals surface area contributed by atoms with Crippen molar-refractivity contribution in [3.05, 3.63) is 76.7 Å². The number of hydrazone groups is 1. The van der Waals surface area contributed by atoms with Crippen LogP contribution in [0.5, 0.6) is 0 Å². The zero-order valence-corrected chi connectivity index (χ0v) is 21.7. The van der Waals surface area contributed by atoms with E-state index in [-0.39, 0.29) is 17.6 Å². The number of hydrogen-bond acceptors (Lipinski definition) is 8. The van der Waals surface area contributed by atoms with Gasteiger partial charge in [0.15, 0.2) is 0 Å². The first-order chi connectivity index (χ1) is 17.5. The fourth-order valence-electron chi connectivity index (χ4n) is 5.04. The van der Waals surface area contributed by atoms with Crippen molar-refractivity contribution in [1.82, 2.24) is 0 Å². The van der Waals surface area contributed by atoms with E-state index in [1.54, 1.807) is 28.2 Å². The first-order valence-electron chi connectivity index (χ1n) is 12.1. The Bertz CT molecular complexity index is 1360. The van der Waals surface area contributed by atoms with E-state index in [2.05, 4.69) is 12.2 Å². The quantitative estimate of drug-likeness (QED) is 0.448. The Morgan fingerprint density at radius 2 is 1.83 bits per heavy atom. The van der Waals surface area contributed by atoms with Crippen molar-refractivity contribution in [2.45, 2.75) is 38.2 Å². The van der Waals surface area contributed by atoms with E-state index in [9.17, 15) is 9.59 Å². The maximum Gasteiger partial charge on any atom is 0.365 e. The Balaban J connectivity index is 1.56. The van der Waals surface area contributed by atoms with Gasteiger partial charge in [-0.15, -0.1) is 11.3 Å². The number of thiophene rings is 1. The molecule has 1 N–H and O–H groups in total. The SMILES string of the molecule is CCOC(=O)C1=NN(c2ccccc2)[C@]2(Nc3sc4c(c3C(=O)N2c2ccccc2)CC[C@H](C)C4)S1. The molecule has 3 aliphatic rings. The predicted octanol–water partition coefficient (Wildman–Crippen LogP) is 5.69. The zero-order valence-electron chi connectivity index (χ0n) is 20.1. The van der Waals surface area contributed by atoms with E-state index in [1.165, 1.54) is 16.6 Å². The molecule has 1 aromatic heterocycles. The van der Waals surface area contributed by atoms with E-state index in [0.717, 1.165) is 46.8 Å². The fourth-order valence-corrected chi connectivity index (χ4v) is 7.75. The molecule has 0 radical (unpaired) electrons. The summed E-state index contributed by atoms with van der Waals surface area (Å²) >= 11 is 2.86. The molecule has 1 amide bonds. The molecule has 3 aromatic rings. The summed E-state index contributed by atoms with van der Waals surface area (Å²) in [4.78, 5) is 30.4. The van der Waals surface area contributed by atoms with Gasteiger partial charge >= 0.3 is 5.97 Å². The number of esters is 1. The van der Waals surface area contributed by atoms with Crippen LogP contribution < -0.4 is 15.2 Å². The third-order valence-corrected chi connectivity index (χ3v) is 9.04. The fraction of sp³-hybridized carbons (Fsp3) is 0.296. The highest BCUT2D eigenvalue weighted by atomic mass is 32.2. The van der Waals surface area contributed by atoms with E-state index in [0.29, 0.717) is 5.92 Å². The van der Waals surface area contributed by atoms with Crippen LogP contribution in [-0.4, -0.2) is 28.6 Å². The van der Waals surface area contributed by atoms with Gasteiger partial charge in [0, 0.05) is 10.6 Å². The van der Waals surface area contributed by atoms with Crippen LogP contribution in [-0.2, 0) is 22.4 Å². The molecule has 1 spiro atoms. The Morgan fingerprint density at radius 3 is 2.53 bits per heavy atom. The van der Waals surface area contributed by atoms with Crippen LogP contribution in [0.1, 0.15) is 41.1 Å². The number of nitrogens with zero attached hydrogens (tertiary/aromatic N) is 3. The monoisotopic (exact) mass is 518 g/mol. The molecule has 1 aliphatic carbocycles. The minimum absolute atomic E-state index is 0.0873. The number of amides is 1. The first-order valence-corrected chi connectivity index (χ1v) is 13.8. The summed E-state index contributed by atoms with van der Waals surface area (Å²) in [5.41, 5.74) is 3.37. The van der Waals surface area contributed by atoms with Crippen LogP contribution in [0.25, 0.3) is 0 Å². The zero-order chi connectivity index (χ0) is 24.9. The van der Waals surface area contributed by atoms with E-state index in [4.69, 9.17) is 9.84 Å². The van der Waals surface area contributed by atoms with Crippen molar-refractivity contribution in [3.8, 4) is 0 Å². The Hall–Kier alpha value is -3.30. The lowest BCUT2D eigenvalue weighted by Crippen LogP contribution is -2.65. The lowest BCUT2D eigenvalue weighted by Gasteiger charge is -2.47. The molecule has 2 atom stereocenters. The van der Waals surface area contributed by atoms with Crippen LogP contribution in [0.2, 0.25) is 0 Å². The molecule has 7 nitrogen and oxygen atoms in total. The molecule has 0 bridgehead atoms. The number of hydrogen-bond donors (Lipinski definition) is 1. The number of anilines is 3. The molecular formula is C27H26N4O3S2. The van der Waals surface area contributed by atoms with Crippen molar-refractivity contribution in [1.29, 1.82) is 0 Å². The van der Waals surface area contributed by atoms with Gasteiger partial charge in [-0.1, -0.05) is 43.3 Å². The van der Waals surface area contributed by atoms with Gasteiger partial charge < -0.3 is 10.1 Å². The van der Waals surface area contributed by atoms with Gasteiger partial charge in [-0.3, -0.25) is 9.69 Å². The highest BCUT2D eigenvalue weighted by Crippen LogP contribution is 2.52. The molecule has 0 unspecified atom stereocenters. The first kappa shape index (κ1) is 23.1. The third-order valence-electron chi connectivity index (χ3n) is 6.69. The van der Waals surface area contributed by atoms with Gasteiger partial charge in [-0.2, -0.15) is 5.10 Å². The molecule has 0 saturated carbocycles. The average Bonchev–Trinajstić information content (AvgIpc) is 3.43. The van der Waals surface area contributed by atoms with Gasteiger partial charge in [0.05, 0.1) is 17.9 Å². The second-order valence-electron chi connectivity index (χ2n) is 9.14. The molecule has 6 rings (SSSR count). The number of thioether (sulfide) groups is 1. The van der Waals surface area contributed by atoms with Crippen molar-refractivity contribution < 1.29 is 14.3 Å². The molecule has 0 fully saturated rings. The summed E-state index contributed by atoms with van der Waals surface area (Å²) < 4.78 is 5.31.